The van der Waals surface area contributed by atoms with E-state index in [9.17, 15) is 18.7 Å². The predicted octanol–water partition coefficient (Wildman–Crippen LogP) is 2.41. The van der Waals surface area contributed by atoms with Crippen molar-refractivity contribution in [2.24, 2.45) is 0 Å². The van der Waals surface area contributed by atoms with Crippen LogP contribution in [0.5, 0.6) is 0 Å². The molecule has 1 aliphatic heterocycles. The van der Waals surface area contributed by atoms with E-state index in [0.29, 0.717) is 25.9 Å². The standard InChI is InChI=1S/C18H21F2N3O2S/c1-22(11-15-21-7-9-26-15)12-18(25)6-3-8-23(17(18)24)10-13-4-2-5-14(19)16(13)20/h2,4-5,7,9,25H,3,6,8,10-12H2,1H3. The highest BCUT2D eigenvalue weighted by Gasteiger charge is 2.43. The molecule has 1 amide bonds. The van der Waals surface area contributed by atoms with Gasteiger partial charge in [0.1, 0.15) is 5.01 Å². The normalized spacial score (nSPS) is 20.8. The Bertz CT molecular complexity index is 772. The molecule has 2 heterocycles. The monoisotopic (exact) mass is 381 g/mol. The van der Waals surface area contributed by atoms with Crippen molar-refractivity contribution in [3.8, 4) is 0 Å². The second-order valence-electron chi connectivity index (χ2n) is 6.67. The highest BCUT2D eigenvalue weighted by molar-refractivity contribution is 7.09. The summed E-state index contributed by atoms with van der Waals surface area (Å²) in [5.74, 6) is -2.33. The fourth-order valence-corrected chi connectivity index (χ4v) is 4.00. The largest absolute Gasteiger partial charge is 0.379 e. The van der Waals surface area contributed by atoms with E-state index in [0.717, 1.165) is 11.1 Å². The molecule has 1 saturated heterocycles. The first-order chi connectivity index (χ1) is 12.4. The Labute approximate surface area is 154 Å². The zero-order valence-corrected chi connectivity index (χ0v) is 15.3. The zero-order chi connectivity index (χ0) is 18.7. The quantitative estimate of drug-likeness (QED) is 0.835. The van der Waals surface area contributed by atoms with Crippen LogP contribution in [0.1, 0.15) is 23.4 Å². The minimum atomic E-state index is -1.53. The smallest absolute Gasteiger partial charge is 0.256 e. The molecule has 1 unspecified atom stereocenters. The molecule has 1 atom stereocenters. The van der Waals surface area contributed by atoms with Gasteiger partial charge in [0.2, 0.25) is 0 Å². The first-order valence-electron chi connectivity index (χ1n) is 8.40. The minimum Gasteiger partial charge on any atom is -0.379 e. The van der Waals surface area contributed by atoms with Crippen LogP contribution in [-0.4, -0.2) is 51.5 Å². The lowest BCUT2D eigenvalue weighted by Gasteiger charge is -2.40. The van der Waals surface area contributed by atoms with Crippen molar-refractivity contribution in [2.45, 2.75) is 31.5 Å². The molecule has 1 fully saturated rings. The van der Waals surface area contributed by atoms with Gasteiger partial charge in [-0.1, -0.05) is 12.1 Å². The Kier molecular flexibility index (Phi) is 5.64. The Hall–Kier alpha value is -1.90. The summed E-state index contributed by atoms with van der Waals surface area (Å²) in [7, 11) is 1.82. The maximum Gasteiger partial charge on any atom is 0.256 e. The van der Waals surface area contributed by atoms with Crippen molar-refractivity contribution >= 4 is 17.2 Å². The van der Waals surface area contributed by atoms with Crippen molar-refractivity contribution < 1.29 is 18.7 Å². The average Bonchev–Trinajstić information content (AvgIpc) is 3.09. The van der Waals surface area contributed by atoms with Gasteiger partial charge in [-0.3, -0.25) is 9.69 Å². The molecule has 8 heteroatoms. The number of carbonyl (C=O) groups excluding carboxylic acids is 1. The number of hydrogen-bond donors (Lipinski definition) is 1. The van der Waals surface area contributed by atoms with Crippen molar-refractivity contribution in [1.82, 2.24) is 14.8 Å². The minimum absolute atomic E-state index is 0.0546. The summed E-state index contributed by atoms with van der Waals surface area (Å²) < 4.78 is 27.3. The maximum absolute atomic E-state index is 13.9. The lowest BCUT2D eigenvalue weighted by atomic mass is 9.90. The fraction of sp³-hybridized carbons (Fsp3) is 0.444. The molecular weight excluding hydrogens is 360 g/mol. The Morgan fingerprint density at radius 3 is 2.96 bits per heavy atom. The SMILES string of the molecule is CN(Cc1nccs1)CC1(O)CCCN(Cc2cccc(F)c2F)C1=O. The van der Waals surface area contributed by atoms with Crippen LogP contribution in [0.3, 0.4) is 0 Å². The van der Waals surface area contributed by atoms with Crippen LogP contribution in [-0.2, 0) is 17.9 Å². The molecule has 140 valence electrons. The summed E-state index contributed by atoms with van der Waals surface area (Å²) in [4.78, 5) is 20.3. The Balaban J connectivity index is 1.68. The third-order valence-corrected chi connectivity index (χ3v) is 5.28. The number of aromatic nitrogens is 1. The fourth-order valence-electron chi connectivity index (χ4n) is 3.30. The van der Waals surface area contributed by atoms with Gasteiger partial charge in [-0.05, 0) is 26.0 Å². The maximum atomic E-state index is 13.9. The molecule has 0 radical (unpaired) electrons. The van der Waals surface area contributed by atoms with Gasteiger partial charge < -0.3 is 10.0 Å². The second kappa shape index (κ2) is 7.77. The number of hydrogen-bond acceptors (Lipinski definition) is 5. The summed E-state index contributed by atoms with van der Waals surface area (Å²) in [6, 6.07) is 3.91. The van der Waals surface area contributed by atoms with Gasteiger partial charge in [0.05, 0.1) is 6.54 Å². The number of nitrogens with zero attached hydrogens (tertiary/aromatic N) is 3. The molecule has 0 aliphatic carbocycles. The number of likely N-dealkylation sites (N-methyl/N-ethyl adjacent to an activating group) is 1. The third kappa shape index (κ3) is 4.08. The van der Waals surface area contributed by atoms with Crippen LogP contribution in [0.4, 0.5) is 8.78 Å². The molecule has 1 aromatic heterocycles. The summed E-state index contributed by atoms with van der Waals surface area (Å²) in [5.41, 5.74) is -1.42. The van der Waals surface area contributed by atoms with Crippen molar-refractivity contribution in [3.63, 3.8) is 0 Å². The third-order valence-electron chi connectivity index (χ3n) is 4.52. The highest BCUT2D eigenvalue weighted by Crippen LogP contribution is 2.26. The van der Waals surface area contributed by atoms with E-state index >= 15 is 0 Å². The predicted molar refractivity (Wildman–Crippen MR) is 94.4 cm³/mol. The number of benzene rings is 1. The zero-order valence-electron chi connectivity index (χ0n) is 14.5. The molecule has 1 aliphatic rings. The Morgan fingerprint density at radius 2 is 2.23 bits per heavy atom. The molecule has 2 aromatic rings. The van der Waals surface area contributed by atoms with E-state index in [1.165, 1.54) is 28.4 Å². The molecule has 3 rings (SSSR count). The van der Waals surface area contributed by atoms with E-state index in [2.05, 4.69) is 4.98 Å². The van der Waals surface area contributed by atoms with Gasteiger partial charge in [0.15, 0.2) is 17.2 Å². The number of piperidine rings is 1. The molecular formula is C18H21F2N3O2S. The number of likely N-dealkylation sites (tertiary alicyclic amines) is 1. The van der Waals surface area contributed by atoms with Crippen molar-refractivity contribution in [3.05, 3.63) is 52.0 Å². The van der Waals surface area contributed by atoms with E-state index in [1.54, 1.807) is 6.20 Å². The number of thiazole rings is 1. The molecule has 5 nitrogen and oxygen atoms in total. The molecule has 1 N–H and O–H groups in total. The van der Waals surface area contributed by atoms with Crippen LogP contribution in [0.25, 0.3) is 0 Å². The van der Waals surface area contributed by atoms with Gasteiger partial charge in [0, 0.05) is 36.8 Å². The van der Waals surface area contributed by atoms with Gasteiger partial charge in [0.25, 0.3) is 5.91 Å². The summed E-state index contributed by atoms with van der Waals surface area (Å²) in [5, 5.41) is 13.7. The van der Waals surface area contributed by atoms with E-state index in [-0.39, 0.29) is 18.7 Å². The number of halogens is 2. The Morgan fingerprint density at radius 1 is 1.42 bits per heavy atom. The van der Waals surface area contributed by atoms with E-state index in [1.807, 2.05) is 17.3 Å². The second-order valence-corrected chi connectivity index (χ2v) is 7.65. The summed E-state index contributed by atoms with van der Waals surface area (Å²) in [6.45, 7) is 1.05. The molecule has 26 heavy (non-hydrogen) atoms. The summed E-state index contributed by atoms with van der Waals surface area (Å²) in [6.07, 6.45) is 2.66. The van der Waals surface area contributed by atoms with Crippen LogP contribution in [0.15, 0.2) is 29.8 Å². The molecule has 0 bridgehead atoms. The van der Waals surface area contributed by atoms with Crippen LogP contribution < -0.4 is 0 Å². The average molecular weight is 381 g/mol. The number of amides is 1. The van der Waals surface area contributed by atoms with E-state index < -0.39 is 23.1 Å². The summed E-state index contributed by atoms with van der Waals surface area (Å²) >= 11 is 1.51. The first kappa shape index (κ1) is 18.9. The lowest BCUT2D eigenvalue weighted by molar-refractivity contribution is -0.160. The molecule has 0 saturated carbocycles. The number of rotatable bonds is 6. The van der Waals surface area contributed by atoms with Gasteiger partial charge in [-0.25, -0.2) is 13.8 Å². The molecule has 0 spiro atoms. The van der Waals surface area contributed by atoms with Crippen molar-refractivity contribution in [1.29, 1.82) is 0 Å². The van der Waals surface area contributed by atoms with E-state index in [4.69, 9.17) is 0 Å². The van der Waals surface area contributed by atoms with Crippen molar-refractivity contribution in [2.75, 3.05) is 20.1 Å². The molecule has 1 aromatic carbocycles. The van der Waals surface area contributed by atoms with Crippen LogP contribution in [0.2, 0.25) is 0 Å². The number of aliphatic hydroxyl groups is 1. The van der Waals surface area contributed by atoms with Crippen LogP contribution in [0, 0.1) is 11.6 Å². The van der Waals surface area contributed by atoms with Crippen LogP contribution >= 0.6 is 11.3 Å². The first-order valence-corrected chi connectivity index (χ1v) is 9.28. The number of carbonyl (C=O) groups is 1. The topological polar surface area (TPSA) is 56.7 Å². The van der Waals surface area contributed by atoms with Gasteiger partial charge in [-0.15, -0.1) is 11.3 Å². The highest BCUT2D eigenvalue weighted by atomic mass is 32.1. The van der Waals surface area contributed by atoms with Gasteiger partial charge in [-0.2, -0.15) is 0 Å². The van der Waals surface area contributed by atoms with Gasteiger partial charge >= 0.3 is 0 Å². The lowest BCUT2D eigenvalue weighted by Crippen LogP contribution is -2.57.